The molecule has 164 valence electrons. The summed E-state index contributed by atoms with van der Waals surface area (Å²) in [5.41, 5.74) is 1.58. The first-order chi connectivity index (χ1) is 14.6. The molecule has 31 heavy (non-hydrogen) atoms. The minimum atomic E-state index is -3.66. The van der Waals surface area contributed by atoms with Gasteiger partial charge >= 0.3 is 0 Å². The van der Waals surface area contributed by atoms with Crippen molar-refractivity contribution in [2.75, 3.05) is 43.6 Å². The quantitative estimate of drug-likeness (QED) is 0.621. The number of nitrogens with zero attached hydrogens (tertiary/aromatic N) is 3. The molecule has 0 aliphatic carbocycles. The summed E-state index contributed by atoms with van der Waals surface area (Å²) in [5.74, 6) is -0.187. The van der Waals surface area contributed by atoms with Crippen molar-refractivity contribution in [3.05, 3.63) is 48.2 Å². The molecule has 2 heterocycles. The van der Waals surface area contributed by atoms with Crippen LogP contribution in [0.15, 0.2) is 52.3 Å². The number of piperazine rings is 1. The second kappa shape index (κ2) is 7.65. The van der Waals surface area contributed by atoms with Crippen LogP contribution in [-0.2, 0) is 19.7 Å². The molecule has 11 heteroatoms. The number of carbonyl (C=O) groups is 1. The maximum atomic E-state index is 13.0. The summed E-state index contributed by atoms with van der Waals surface area (Å²) in [7, 11) is -7.20. The Balaban J connectivity index is 1.57. The van der Waals surface area contributed by atoms with E-state index in [-0.39, 0.29) is 15.7 Å². The molecule has 1 aliphatic heterocycles. The van der Waals surface area contributed by atoms with Crippen molar-refractivity contribution in [2.45, 2.75) is 9.79 Å². The Labute approximate surface area is 180 Å². The maximum absolute atomic E-state index is 13.0. The van der Waals surface area contributed by atoms with Crippen molar-refractivity contribution >= 4 is 42.2 Å². The fourth-order valence-electron chi connectivity index (χ4n) is 3.71. The number of rotatable bonds is 4. The highest BCUT2D eigenvalue weighted by atomic mass is 32.2. The molecule has 9 nitrogen and oxygen atoms in total. The van der Waals surface area contributed by atoms with Gasteiger partial charge in [-0.25, -0.2) is 16.8 Å². The Hall–Kier alpha value is -2.92. The lowest BCUT2D eigenvalue weighted by Crippen LogP contribution is -2.49. The number of H-pyrrole nitrogens is 1. The first kappa shape index (κ1) is 21.3. The van der Waals surface area contributed by atoms with Gasteiger partial charge in [0, 0.05) is 44.1 Å². The molecule has 1 aromatic heterocycles. The molecule has 0 spiro atoms. The smallest absolute Gasteiger partial charge is 0.275 e. The van der Waals surface area contributed by atoms with Crippen LogP contribution in [0.1, 0.15) is 10.5 Å². The van der Waals surface area contributed by atoms with Gasteiger partial charge in [0.1, 0.15) is 0 Å². The minimum Gasteiger partial charge on any atom is -0.367 e. The molecular formula is C20H22N4O5S2. The molecule has 0 radical (unpaired) electrons. The molecule has 1 fully saturated rings. The third-order valence-corrected chi connectivity index (χ3v) is 7.58. The van der Waals surface area contributed by atoms with Crippen molar-refractivity contribution in [1.82, 2.24) is 15.1 Å². The van der Waals surface area contributed by atoms with Gasteiger partial charge in [0.15, 0.2) is 25.4 Å². The number of para-hydroxylation sites is 1. The summed E-state index contributed by atoms with van der Waals surface area (Å²) < 4.78 is 48.4. The van der Waals surface area contributed by atoms with E-state index in [9.17, 15) is 21.6 Å². The van der Waals surface area contributed by atoms with E-state index in [1.54, 1.807) is 4.90 Å². The zero-order valence-corrected chi connectivity index (χ0v) is 18.7. The number of nitrogens with one attached hydrogen (secondary N) is 1. The normalized spacial score (nSPS) is 15.4. The van der Waals surface area contributed by atoms with E-state index in [1.165, 1.54) is 18.2 Å². The lowest BCUT2D eigenvalue weighted by Gasteiger charge is -2.36. The van der Waals surface area contributed by atoms with E-state index in [4.69, 9.17) is 0 Å². The van der Waals surface area contributed by atoms with Gasteiger partial charge in [-0.3, -0.25) is 9.89 Å². The van der Waals surface area contributed by atoms with Crippen LogP contribution >= 0.6 is 0 Å². The Morgan fingerprint density at radius 3 is 2.26 bits per heavy atom. The fourth-order valence-corrected chi connectivity index (χ4v) is 5.35. The number of anilines is 1. The highest BCUT2D eigenvalue weighted by Crippen LogP contribution is 2.29. The molecular weight excluding hydrogens is 440 g/mol. The first-order valence-corrected chi connectivity index (χ1v) is 13.4. The summed E-state index contributed by atoms with van der Waals surface area (Å²) in [5, 5.41) is 7.78. The number of hydrogen-bond acceptors (Lipinski definition) is 7. The van der Waals surface area contributed by atoms with Gasteiger partial charge in [0.05, 0.1) is 21.0 Å². The summed E-state index contributed by atoms with van der Waals surface area (Å²) in [6, 6.07) is 11.5. The average Bonchev–Trinajstić information content (AvgIpc) is 3.16. The van der Waals surface area contributed by atoms with E-state index in [0.717, 1.165) is 23.4 Å². The molecule has 1 aliphatic rings. The number of fused-ring (bicyclic) bond motifs is 1. The topological polar surface area (TPSA) is 121 Å². The summed E-state index contributed by atoms with van der Waals surface area (Å²) >= 11 is 0. The molecule has 0 atom stereocenters. The van der Waals surface area contributed by atoms with Crippen LogP contribution in [0.25, 0.3) is 10.9 Å². The summed E-state index contributed by atoms with van der Waals surface area (Å²) in [6.07, 6.45) is 2.09. The van der Waals surface area contributed by atoms with Gasteiger partial charge < -0.3 is 9.80 Å². The van der Waals surface area contributed by atoms with Crippen LogP contribution in [0.4, 0.5) is 5.69 Å². The van der Waals surface area contributed by atoms with Gasteiger partial charge in [-0.2, -0.15) is 5.10 Å². The van der Waals surface area contributed by atoms with Crippen LogP contribution in [0.5, 0.6) is 0 Å². The van der Waals surface area contributed by atoms with Crippen molar-refractivity contribution < 1.29 is 21.6 Å². The summed E-state index contributed by atoms with van der Waals surface area (Å²) in [4.78, 5) is 16.4. The van der Waals surface area contributed by atoms with Crippen LogP contribution in [-0.4, -0.2) is 76.5 Å². The van der Waals surface area contributed by atoms with Crippen molar-refractivity contribution in [1.29, 1.82) is 0 Å². The molecule has 3 aromatic rings. The van der Waals surface area contributed by atoms with Gasteiger partial charge in [-0.15, -0.1) is 0 Å². The van der Waals surface area contributed by atoms with E-state index in [2.05, 4.69) is 10.2 Å². The van der Waals surface area contributed by atoms with E-state index < -0.39 is 19.7 Å². The molecule has 0 bridgehead atoms. The predicted octanol–water partition coefficient (Wildman–Crippen LogP) is 1.33. The van der Waals surface area contributed by atoms with Crippen molar-refractivity contribution in [2.24, 2.45) is 0 Å². The number of aromatic amines is 1. The average molecular weight is 463 g/mol. The van der Waals surface area contributed by atoms with Crippen LogP contribution in [0.2, 0.25) is 0 Å². The Bertz CT molecular complexity index is 1370. The summed E-state index contributed by atoms with van der Waals surface area (Å²) in [6.45, 7) is 1.60. The standard InChI is InChI=1S/C20H22N4O5S2/c1-30(26,27)14-7-8-17(18(13-14)31(2,28)29)23-9-11-24(12-10-23)20(25)19-15-5-3-4-6-16(15)21-22-19/h3-8,13H,9-12H2,1-2H3,(H,21,22). The lowest BCUT2D eigenvalue weighted by atomic mass is 10.2. The first-order valence-electron chi connectivity index (χ1n) is 9.57. The molecule has 0 saturated carbocycles. The largest absolute Gasteiger partial charge is 0.367 e. The number of aromatic nitrogens is 2. The van der Waals surface area contributed by atoms with E-state index >= 15 is 0 Å². The SMILES string of the molecule is CS(=O)(=O)c1ccc(N2CCN(C(=O)c3n[nH]c4ccccc34)CC2)c(S(C)(=O)=O)c1. The minimum absolute atomic E-state index is 0.0338. The highest BCUT2D eigenvalue weighted by Gasteiger charge is 2.28. The van der Waals surface area contributed by atoms with Gasteiger partial charge in [0.25, 0.3) is 5.91 Å². The van der Waals surface area contributed by atoms with Gasteiger partial charge in [-0.05, 0) is 24.3 Å². The molecule has 1 amide bonds. The number of carbonyl (C=O) groups excluding carboxylic acids is 1. The van der Waals surface area contributed by atoms with Crippen LogP contribution in [0, 0.1) is 0 Å². The number of amides is 1. The lowest BCUT2D eigenvalue weighted by molar-refractivity contribution is 0.0742. The molecule has 2 aromatic carbocycles. The Morgan fingerprint density at radius 2 is 1.61 bits per heavy atom. The maximum Gasteiger partial charge on any atom is 0.275 e. The van der Waals surface area contributed by atoms with E-state index in [1.807, 2.05) is 29.2 Å². The second-order valence-electron chi connectivity index (χ2n) is 7.57. The van der Waals surface area contributed by atoms with Gasteiger partial charge in [0.2, 0.25) is 0 Å². The number of hydrogen-bond donors (Lipinski definition) is 1. The Morgan fingerprint density at radius 1 is 0.935 bits per heavy atom. The predicted molar refractivity (Wildman–Crippen MR) is 117 cm³/mol. The fraction of sp³-hybridized carbons (Fsp3) is 0.300. The van der Waals surface area contributed by atoms with Gasteiger partial charge in [-0.1, -0.05) is 18.2 Å². The van der Waals surface area contributed by atoms with E-state index in [0.29, 0.717) is 37.6 Å². The molecule has 0 unspecified atom stereocenters. The number of benzene rings is 2. The van der Waals surface area contributed by atoms with Crippen LogP contribution in [0.3, 0.4) is 0 Å². The molecule has 1 N–H and O–H groups in total. The monoisotopic (exact) mass is 462 g/mol. The zero-order chi connectivity index (χ0) is 22.4. The molecule has 4 rings (SSSR count). The third-order valence-electron chi connectivity index (χ3n) is 5.34. The van der Waals surface area contributed by atoms with Crippen molar-refractivity contribution in [3.8, 4) is 0 Å². The zero-order valence-electron chi connectivity index (χ0n) is 17.1. The second-order valence-corrected chi connectivity index (χ2v) is 11.6. The van der Waals surface area contributed by atoms with Crippen LogP contribution < -0.4 is 4.90 Å². The Kier molecular flexibility index (Phi) is 5.26. The van der Waals surface area contributed by atoms with Crippen molar-refractivity contribution in [3.63, 3.8) is 0 Å². The highest BCUT2D eigenvalue weighted by molar-refractivity contribution is 7.91. The molecule has 1 saturated heterocycles. The third kappa shape index (κ3) is 4.15. The number of sulfone groups is 2.